The van der Waals surface area contributed by atoms with Gasteiger partial charge in [-0.15, -0.1) is 13.2 Å². The zero-order valence-electron chi connectivity index (χ0n) is 18.0. The van der Waals surface area contributed by atoms with Gasteiger partial charge in [-0.1, -0.05) is 18.2 Å². The number of nitrogens with zero attached hydrogens (tertiary/aromatic N) is 1. The Hall–Kier alpha value is -4.34. The first kappa shape index (κ1) is 23.8. The molecule has 1 fully saturated rings. The molecule has 1 N–H and O–H groups in total. The summed E-state index contributed by atoms with van der Waals surface area (Å²) in [6.45, 7) is 0. The predicted octanol–water partition coefficient (Wildman–Crippen LogP) is 5.36. The lowest BCUT2D eigenvalue weighted by atomic mass is 9.95. The van der Waals surface area contributed by atoms with E-state index in [1.807, 2.05) is 0 Å². The van der Waals surface area contributed by atoms with Crippen molar-refractivity contribution in [1.82, 2.24) is 0 Å². The molecule has 0 radical (unpaired) electrons. The van der Waals surface area contributed by atoms with Crippen molar-refractivity contribution in [3.8, 4) is 11.5 Å². The van der Waals surface area contributed by atoms with Crippen LogP contribution in [0.5, 0.6) is 11.5 Å². The van der Waals surface area contributed by atoms with E-state index >= 15 is 0 Å². The number of aliphatic hydroxyl groups excluding tert-OH is 1. The Bertz CT molecular complexity index is 1300. The van der Waals surface area contributed by atoms with Gasteiger partial charge in [-0.25, -0.2) is 4.39 Å². The second-order valence-electron chi connectivity index (χ2n) is 7.49. The van der Waals surface area contributed by atoms with Gasteiger partial charge in [0.2, 0.25) is 0 Å². The molecule has 1 unspecified atom stereocenters. The van der Waals surface area contributed by atoms with E-state index in [4.69, 9.17) is 4.74 Å². The number of benzene rings is 3. The molecule has 0 spiro atoms. The van der Waals surface area contributed by atoms with Gasteiger partial charge in [-0.05, 0) is 54.1 Å². The van der Waals surface area contributed by atoms with Gasteiger partial charge in [0.05, 0.1) is 18.7 Å². The number of anilines is 1. The Morgan fingerprint density at radius 3 is 2.20 bits per heavy atom. The molecule has 3 aromatic rings. The largest absolute Gasteiger partial charge is 0.573 e. The molecule has 4 rings (SSSR count). The van der Waals surface area contributed by atoms with Crippen LogP contribution in [0.15, 0.2) is 78.4 Å². The Labute approximate surface area is 196 Å². The number of rotatable bonds is 5. The van der Waals surface area contributed by atoms with Crippen LogP contribution in [0.25, 0.3) is 5.76 Å². The van der Waals surface area contributed by atoms with E-state index in [0.29, 0.717) is 11.3 Å². The molecule has 180 valence electrons. The molecule has 10 heteroatoms. The highest BCUT2D eigenvalue weighted by Gasteiger charge is 2.47. The molecule has 35 heavy (non-hydrogen) atoms. The van der Waals surface area contributed by atoms with E-state index in [1.165, 1.54) is 31.4 Å². The normalized spacial score (nSPS) is 17.5. The lowest BCUT2D eigenvalue weighted by Gasteiger charge is -2.26. The van der Waals surface area contributed by atoms with Gasteiger partial charge in [0.15, 0.2) is 0 Å². The fourth-order valence-electron chi connectivity index (χ4n) is 3.79. The summed E-state index contributed by atoms with van der Waals surface area (Å²) in [6.07, 6.45) is -4.97. The molecule has 6 nitrogen and oxygen atoms in total. The summed E-state index contributed by atoms with van der Waals surface area (Å²) in [6, 6.07) is 14.2. The van der Waals surface area contributed by atoms with Gasteiger partial charge in [0, 0.05) is 17.3 Å². The number of ketones is 1. The number of carbonyl (C=O) groups excluding carboxylic acids is 2. The molecular weight excluding hydrogens is 470 g/mol. The number of carbonyl (C=O) groups is 2. The first-order valence-corrected chi connectivity index (χ1v) is 10.2. The van der Waals surface area contributed by atoms with Crippen LogP contribution in [0.3, 0.4) is 0 Å². The van der Waals surface area contributed by atoms with Gasteiger partial charge >= 0.3 is 6.36 Å². The third kappa shape index (κ3) is 4.81. The zero-order valence-corrected chi connectivity index (χ0v) is 18.0. The molecule has 1 aliphatic heterocycles. The number of hydrogen-bond donors (Lipinski definition) is 1. The topological polar surface area (TPSA) is 76.1 Å². The number of halogens is 4. The minimum atomic E-state index is -4.97. The lowest BCUT2D eigenvalue weighted by molar-refractivity contribution is -0.274. The van der Waals surface area contributed by atoms with E-state index < -0.39 is 41.4 Å². The monoisotopic (exact) mass is 487 g/mol. The van der Waals surface area contributed by atoms with Crippen LogP contribution in [0.2, 0.25) is 0 Å². The Morgan fingerprint density at radius 2 is 1.60 bits per heavy atom. The zero-order chi connectivity index (χ0) is 25.3. The van der Waals surface area contributed by atoms with Crippen LogP contribution in [0.1, 0.15) is 17.2 Å². The number of methoxy groups -OCH3 is 1. The van der Waals surface area contributed by atoms with Crippen molar-refractivity contribution in [2.24, 2.45) is 0 Å². The van der Waals surface area contributed by atoms with E-state index in [-0.39, 0.29) is 16.8 Å². The fraction of sp³-hybridized carbons (Fsp3) is 0.120. The predicted molar refractivity (Wildman–Crippen MR) is 117 cm³/mol. The second kappa shape index (κ2) is 9.13. The third-order valence-electron chi connectivity index (χ3n) is 5.32. The number of ether oxygens (including phenoxy) is 2. The number of alkyl halides is 3. The molecule has 0 bridgehead atoms. The minimum absolute atomic E-state index is 0.0622. The second-order valence-corrected chi connectivity index (χ2v) is 7.49. The van der Waals surface area contributed by atoms with Crippen LogP contribution in [0.4, 0.5) is 23.2 Å². The summed E-state index contributed by atoms with van der Waals surface area (Å²) in [5.74, 6) is -3.38. The van der Waals surface area contributed by atoms with Crippen molar-refractivity contribution >= 4 is 23.1 Å². The maximum absolute atomic E-state index is 13.4. The smallest absolute Gasteiger partial charge is 0.507 e. The van der Waals surface area contributed by atoms with Crippen molar-refractivity contribution in [3.63, 3.8) is 0 Å². The minimum Gasteiger partial charge on any atom is -0.507 e. The fourth-order valence-corrected chi connectivity index (χ4v) is 3.79. The van der Waals surface area contributed by atoms with Crippen LogP contribution in [-0.2, 0) is 9.59 Å². The van der Waals surface area contributed by atoms with Gasteiger partial charge in [-0.3, -0.25) is 14.5 Å². The molecular formula is C25H17F4NO5. The average molecular weight is 487 g/mol. The first-order chi connectivity index (χ1) is 16.6. The van der Waals surface area contributed by atoms with E-state index in [2.05, 4.69) is 4.74 Å². The first-order valence-electron chi connectivity index (χ1n) is 10.2. The van der Waals surface area contributed by atoms with Gasteiger partial charge in [0.1, 0.15) is 23.1 Å². The SMILES string of the molecule is COc1ccc(C2/C(=C(\O)c3ccc(F)cc3)C(=O)C(=O)N2c2cccc(OC(F)(F)F)c2)cc1. The van der Waals surface area contributed by atoms with E-state index in [9.17, 15) is 32.3 Å². The van der Waals surface area contributed by atoms with Crippen molar-refractivity contribution in [2.45, 2.75) is 12.4 Å². The van der Waals surface area contributed by atoms with Gasteiger partial charge in [0.25, 0.3) is 11.7 Å². The van der Waals surface area contributed by atoms with Crippen LogP contribution in [-0.4, -0.2) is 30.3 Å². The molecule has 0 aliphatic carbocycles. The molecule has 0 saturated carbocycles. The highest BCUT2D eigenvalue weighted by Crippen LogP contribution is 2.43. The van der Waals surface area contributed by atoms with Crippen molar-refractivity contribution in [1.29, 1.82) is 0 Å². The van der Waals surface area contributed by atoms with E-state index in [0.717, 1.165) is 29.2 Å². The molecule has 1 heterocycles. The molecule has 3 aromatic carbocycles. The van der Waals surface area contributed by atoms with Gasteiger partial charge in [-0.2, -0.15) is 0 Å². The van der Waals surface area contributed by atoms with Crippen molar-refractivity contribution in [3.05, 3.63) is 95.3 Å². The molecule has 1 amide bonds. The highest BCUT2D eigenvalue weighted by atomic mass is 19.4. The summed E-state index contributed by atoms with van der Waals surface area (Å²) in [4.78, 5) is 27.1. The molecule has 1 atom stereocenters. The van der Waals surface area contributed by atoms with Crippen LogP contribution < -0.4 is 14.4 Å². The van der Waals surface area contributed by atoms with Crippen molar-refractivity contribution < 1.29 is 41.7 Å². The lowest BCUT2D eigenvalue weighted by Crippen LogP contribution is -2.29. The highest BCUT2D eigenvalue weighted by molar-refractivity contribution is 6.51. The number of Topliss-reactive ketones (excluding diaryl/α,β-unsaturated/α-hetero) is 1. The van der Waals surface area contributed by atoms with Gasteiger partial charge < -0.3 is 14.6 Å². The Balaban J connectivity index is 1.89. The maximum atomic E-state index is 13.4. The average Bonchev–Trinajstić information content (AvgIpc) is 3.08. The standard InChI is InChI=1S/C25H17F4NO5/c1-34-18-11-7-14(8-12-18)21-20(22(31)15-5-9-16(26)10-6-15)23(32)24(33)30(21)17-3-2-4-19(13-17)35-25(27,28)29/h2-13,21,31H,1H3/b22-20+. The van der Waals surface area contributed by atoms with Crippen molar-refractivity contribution in [2.75, 3.05) is 12.0 Å². The Morgan fingerprint density at radius 1 is 0.943 bits per heavy atom. The molecule has 1 saturated heterocycles. The summed E-state index contributed by atoms with van der Waals surface area (Å²) < 4.78 is 60.7. The quantitative estimate of drug-likeness (QED) is 0.227. The summed E-state index contributed by atoms with van der Waals surface area (Å²) in [5, 5.41) is 11.0. The number of amides is 1. The number of aliphatic hydroxyl groups is 1. The van der Waals surface area contributed by atoms with E-state index in [1.54, 1.807) is 24.3 Å². The molecule has 1 aliphatic rings. The Kier molecular flexibility index (Phi) is 6.21. The summed E-state index contributed by atoms with van der Waals surface area (Å²) in [5.41, 5.74) is 0.0783. The molecule has 0 aromatic heterocycles. The summed E-state index contributed by atoms with van der Waals surface area (Å²) >= 11 is 0. The number of hydrogen-bond acceptors (Lipinski definition) is 5. The van der Waals surface area contributed by atoms with Crippen LogP contribution in [0, 0.1) is 5.82 Å². The summed E-state index contributed by atoms with van der Waals surface area (Å²) in [7, 11) is 1.45. The third-order valence-corrected chi connectivity index (χ3v) is 5.32. The van der Waals surface area contributed by atoms with Crippen LogP contribution >= 0.6 is 0 Å². The maximum Gasteiger partial charge on any atom is 0.573 e.